The topological polar surface area (TPSA) is 50.4 Å². The number of amides is 1. The van der Waals surface area contributed by atoms with Crippen LogP contribution in [0.15, 0.2) is 18.2 Å². The lowest BCUT2D eigenvalue weighted by Gasteiger charge is -2.18. The fourth-order valence-electron chi connectivity index (χ4n) is 1.84. The van der Waals surface area contributed by atoms with E-state index in [0.29, 0.717) is 6.61 Å². The average Bonchev–Trinajstić information content (AvgIpc) is 2.45. The summed E-state index contributed by atoms with van der Waals surface area (Å²) >= 11 is 0. The third-order valence-electron chi connectivity index (χ3n) is 3.16. The molecule has 0 saturated heterocycles. The zero-order valence-electron chi connectivity index (χ0n) is 11.2. The Labute approximate surface area is 108 Å². The summed E-state index contributed by atoms with van der Waals surface area (Å²) in [5.41, 5.74) is 1.47. The Morgan fingerprint density at radius 3 is 2.94 bits per heavy atom. The van der Waals surface area contributed by atoms with Crippen LogP contribution in [0.5, 0.6) is 5.75 Å². The highest BCUT2D eigenvalue weighted by molar-refractivity contribution is 5.97. The van der Waals surface area contributed by atoms with Crippen molar-refractivity contribution in [3.05, 3.63) is 23.8 Å². The van der Waals surface area contributed by atoms with E-state index in [2.05, 4.69) is 10.6 Å². The molecule has 1 aromatic rings. The Balaban J connectivity index is 2.23. The second kappa shape index (κ2) is 4.98. The molecule has 1 amide bonds. The molecule has 1 heterocycles. The molecule has 2 N–H and O–H groups in total. The molecule has 4 nitrogen and oxygen atoms in total. The molecule has 0 unspecified atom stereocenters. The lowest BCUT2D eigenvalue weighted by Crippen LogP contribution is -2.33. The van der Waals surface area contributed by atoms with E-state index < -0.39 is 5.41 Å². The maximum Gasteiger partial charge on any atom is 0.233 e. The molecule has 1 aliphatic heterocycles. The number of likely N-dealkylation sites (N-methyl/N-ethyl adjacent to an activating group) is 1. The van der Waals surface area contributed by atoms with E-state index in [4.69, 9.17) is 4.74 Å². The van der Waals surface area contributed by atoms with Gasteiger partial charge in [-0.2, -0.15) is 0 Å². The van der Waals surface area contributed by atoms with E-state index in [1.807, 2.05) is 39.1 Å². The van der Waals surface area contributed by atoms with Crippen LogP contribution < -0.4 is 15.4 Å². The van der Waals surface area contributed by atoms with Gasteiger partial charge in [-0.3, -0.25) is 4.79 Å². The Morgan fingerprint density at radius 1 is 1.44 bits per heavy atom. The number of ether oxygens (including phenoxy) is 1. The highest BCUT2D eigenvalue weighted by Gasteiger charge is 2.32. The zero-order valence-corrected chi connectivity index (χ0v) is 11.2. The summed E-state index contributed by atoms with van der Waals surface area (Å²) in [5.74, 6) is 0.758. The highest BCUT2D eigenvalue weighted by Crippen LogP contribution is 2.32. The van der Waals surface area contributed by atoms with Gasteiger partial charge in [0.25, 0.3) is 0 Å². The predicted octanol–water partition coefficient (Wildman–Crippen LogP) is 1.81. The summed E-state index contributed by atoms with van der Waals surface area (Å²) in [4.78, 5) is 12.0. The summed E-state index contributed by atoms with van der Waals surface area (Å²) in [6, 6.07) is 5.97. The Hall–Kier alpha value is -1.55. The first-order valence-electron chi connectivity index (χ1n) is 6.25. The van der Waals surface area contributed by atoms with E-state index in [9.17, 15) is 4.79 Å². The van der Waals surface area contributed by atoms with Crippen LogP contribution in [0.4, 0.5) is 5.69 Å². The minimum Gasteiger partial charge on any atom is -0.490 e. The molecule has 1 aliphatic rings. The first-order chi connectivity index (χ1) is 8.53. The monoisotopic (exact) mass is 248 g/mol. The van der Waals surface area contributed by atoms with Gasteiger partial charge in [-0.05, 0) is 51.6 Å². The van der Waals surface area contributed by atoms with Crippen LogP contribution in [0.25, 0.3) is 0 Å². The summed E-state index contributed by atoms with van der Waals surface area (Å²) in [5, 5.41) is 6.06. The van der Waals surface area contributed by atoms with Crippen molar-refractivity contribution in [1.82, 2.24) is 5.32 Å². The number of nitrogens with one attached hydrogen (secondary N) is 2. The van der Waals surface area contributed by atoms with Gasteiger partial charge in [0.05, 0.1) is 11.1 Å². The quantitative estimate of drug-likeness (QED) is 0.857. The summed E-state index contributed by atoms with van der Waals surface area (Å²) in [6.45, 7) is 5.09. The molecule has 4 heteroatoms. The molecule has 0 saturated carbocycles. The predicted molar refractivity (Wildman–Crippen MR) is 72.0 cm³/mol. The smallest absolute Gasteiger partial charge is 0.233 e. The van der Waals surface area contributed by atoms with Gasteiger partial charge in [-0.15, -0.1) is 0 Å². The van der Waals surface area contributed by atoms with Crippen molar-refractivity contribution >= 4 is 11.6 Å². The van der Waals surface area contributed by atoms with Crippen molar-refractivity contribution in [2.75, 3.05) is 25.5 Å². The molecule has 2 rings (SSSR count). The Kier molecular flexibility index (Phi) is 3.57. The number of benzene rings is 1. The zero-order chi connectivity index (χ0) is 13.2. The van der Waals surface area contributed by atoms with Crippen LogP contribution in [0, 0.1) is 5.41 Å². The van der Waals surface area contributed by atoms with Crippen molar-refractivity contribution in [1.29, 1.82) is 0 Å². The van der Waals surface area contributed by atoms with Crippen molar-refractivity contribution in [3.8, 4) is 5.75 Å². The van der Waals surface area contributed by atoms with Crippen molar-refractivity contribution in [2.45, 2.75) is 20.3 Å². The lowest BCUT2D eigenvalue weighted by molar-refractivity contribution is -0.124. The van der Waals surface area contributed by atoms with Crippen LogP contribution in [0.2, 0.25) is 0 Å². The van der Waals surface area contributed by atoms with E-state index in [1.54, 1.807) is 0 Å². The van der Waals surface area contributed by atoms with Crippen LogP contribution in [0.1, 0.15) is 19.4 Å². The number of rotatable bonds is 3. The maximum absolute atomic E-state index is 12.0. The fourth-order valence-corrected chi connectivity index (χ4v) is 1.84. The molecule has 98 valence electrons. The number of carbonyl (C=O) groups excluding carboxylic acids is 1. The van der Waals surface area contributed by atoms with Gasteiger partial charge in [0.1, 0.15) is 12.4 Å². The first kappa shape index (κ1) is 12.9. The Morgan fingerprint density at radius 2 is 2.22 bits per heavy atom. The second-order valence-electron chi connectivity index (χ2n) is 5.31. The lowest BCUT2D eigenvalue weighted by atomic mass is 9.94. The summed E-state index contributed by atoms with van der Waals surface area (Å²) in [7, 11) is 1.93. The Bertz CT molecular complexity index is 455. The number of anilines is 1. The van der Waals surface area contributed by atoms with Gasteiger partial charge >= 0.3 is 0 Å². The molecule has 0 fully saturated rings. The van der Waals surface area contributed by atoms with Crippen LogP contribution >= 0.6 is 0 Å². The standard InChI is InChI=1S/C14H20N2O2/c1-14(2)9-18-12-5-4-10(6-7-15-3)8-11(12)16-13(14)17/h4-5,8,15H,6-7,9H2,1-3H3,(H,16,17). The largest absolute Gasteiger partial charge is 0.490 e. The maximum atomic E-state index is 12.0. The number of hydrogen-bond donors (Lipinski definition) is 2. The average molecular weight is 248 g/mol. The van der Waals surface area contributed by atoms with Gasteiger partial charge in [0.2, 0.25) is 5.91 Å². The van der Waals surface area contributed by atoms with Gasteiger partial charge in [-0.25, -0.2) is 0 Å². The van der Waals surface area contributed by atoms with E-state index in [-0.39, 0.29) is 5.91 Å². The van der Waals surface area contributed by atoms with Gasteiger partial charge in [-0.1, -0.05) is 6.07 Å². The SMILES string of the molecule is CNCCc1ccc2c(c1)NC(=O)C(C)(C)CO2. The molecule has 0 atom stereocenters. The summed E-state index contributed by atoms with van der Waals surface area (Å²) in [6.07, 6.45) is 0.934. The minimum absolute atomic E-state index is 0.00650. The molecule has 0 aliphatic carbocycles. The third-order valence-corrected chi connectivity index (χ3v) is 3.16. The number of fused-ring (bicyclic) bond motifs is 1. The van der Waals surface area contributed by atoms with Crippen molar-refractivity contribution in [2.24, 2.45) is 5.41 Å². The number of carbonyl (C=O) groups is 1. The molecular weight excluding hydrogens is 228 g/mol. The van der Waals surface area contributed by atoms with Gasteiger partial charge in [0.15, 0.2) is 0 Å². The molecule has 0 radical (unpaired) electrons. The van der Waals surface area contributed by atoms with E-state index >= 15 is 0 Å². The minimum atomic E-state index is -0.496. The van der Waals surface area contributed by atoms with Crippen LogP contribution in [-0.2, 0) is 11.2 Å². The van der Waals surface area contributed by atoms with Crippen molar-refractivity contribution in [3.63, 3.8) is 0 Å². The normalized spacial score (nSPS) is 17.4. The van der Waals surface area contributed by atoms with Gasteiger partial charge < -0.3 is 15.4 Å². The molecule has 0 spiro atoms. The highest BCUT2D eigenvalue weighted by atomic mass is 16.5. The fraction of sp³-hybridized carbons (Fsp3) is 0.500. The molecule has 0 bridgehead atoms. The third kappa shape index (κ3) is 2.64. The van der Waals surface area contributed by atoms with E-state index in [1.165, 1.54) is 5.56 Å². The molecule has 0 aromatic heterocycles. The van der Waals surface area contributed by atoms with Crippen LogP contribution in [-0.4, -0.2) is 26.1 Å². The van der Waals surface area contributed by atoms with Crippen LogP contribution in [0.3, 0.4) is 0 Å². The number of hydrogen-bond acceptors (Lipinski definition) is 3. The van der Waals surface area contributed by atoms with Gasteiger partial charge in [0, 0.05) is 0 Å². The first-order valence-corrected chi connectivity index (χ1v) is 6.25. The molecule has 1 aromatic carbocycles. The van der Waals surface area contributed by atoms with E-state index in [0.717, 1.165) is 24.4 Å². The second-order valence-corrected chi connectivity index (χ2v) is 5.31. The van der Waals surface area contributed by atoms with Crippen molar-refractivity contribution < 1.29 is 9.53 Å². The molecule has 18 heavy (non-hydrogen) atoms. The summed E-state index contributed by atoms with van der Waals surface area (Å²) < 4.78 is 5.69. The molecular formula is C14H20N2O2.